The molecule has 0 radical (unpaired) electrons. The van der Waals surface area contributed by atoms with Gasteiger partial charge in [0, 0.05) is 0 Å². The van der Waals surface area contributed by atoms with E-state index >= 15 is 0 Å². The minimum atomic E-state index is -0.147. The van der Waals surface area contributed by atoms with Gasteiger partial charge < -0.3 is 5.11 Å². The Morgan fingerprint density at radius 1 is 1.05 bits per heavy atom. The molecule has 0 atom stereocenters. The van der Waals surface area contributed by atoms with E-state index < -0.39 is 0 Å². The summed E-state index contributed by atoms with van der Waals surface area (Å²) in [5, 5.41) is 15.0. The summed E-state index contributed by atoms with van der Waals surface area (Å²) < 4.78 is 0. The summed E-state index contributed by atoms with van der Waals surface area (Å²) in [7, 11) is 0. The summed E-state index contributed by atoms with van der Waals surface area (Å²) in [6.07, 6.45) is 1.78. The van der Waals surface area contributed by atoms with Crippen molar-refractivity contribution in [3.8, 4) is 5.75 Å². The molecule has 3 rings (SSSR count). The summed E-state index contributed by atoms with van der Waals surface area (Å²) in [5.74, 6) is 0.0537. The number of hydrogen-bond acceptors (Lipinski definition) is 3. The Balaban J connectivity index is 1.94. The molecule has 1 aliphatic heterocycles. The molecule has 0 saturated heterocycles. The summed E-state index contributed by atoms with van der Waals surface area (Å²) in [6.45, 7) is 1.81. The van der Waals surface area contributed by atoms with Gasteiger partial charge in [-0.1, -0.05) is 30.3 Å². The molecule has 1 aliphatic rings. The molecule has 1 amide bonds. The van der Waals surface area contributed by atoms with E-state index in [1.165, 1.54) is 5.01 Å². The molecule has 2 aromatic carbocycles. The van der Waals surface area contributed by atoms with Crippen LogP contribution in [0.2, 0.25) is 0 Å². The topological polar surface area (TPSA) is 52.9 Å². The summed E-state index contributed by atoms with van der Waals surface area (Å²) in [5.41, 5.74) is 2.83. The quantitative estimate of drug-likeness (QED) is 0.858. The lowest BCUT2D eigenvalue weighted by atomic mass is 10.1. The number of anilines is 1. The van der Waals surface area contributed by atoms with Crippen LogP contribution in [-0.4, -0.2) is 16.7 Å². The number of amides is 1. The smallest absolute Gasteiger partial charge is 0.280 e. The Kier molecular flexibility index (Phi) is 3.28. The Bertz CT molecular complexity index is 731. The zero-order valence-corrected chi connectivity index (χ0v) is 11.5. The number of aromatic hydroxyl groups is 1. The maximum atomic E-state index is 12.5. The van der Waals surface area contributed by atoms with Crippen LogP contribution in [-0.2, 0) is 4.79 Å². The van der Waals surface area contributed by atoms with Gasteiger partial charge in [0.2, 0.25) is 0 Å². The number of rotatable bonds is 2. The molecule has 0 unspecified atom stereocenters. The molecule has 0 bridgehead atoms. The summed E-state index contributed by atoms with van der Waals surface area (Å²) in [4.78, 5) is 12.5. The molecule has 0 aromatic heterocycles. The first-order valence-electron chi connectivity index (χ1n) is 6.61. The lowest BCUT2D eigenvalue weighted by Crippen LogP contribution is -2.21. The highest BCUT2D eigenvalue weighted by Crippen LogP contribution is 2.24. The van der Waals surface area contributed by atoms with E-state index in [0.717, 1.165) is 11.3 Å². The number of hydrogen-bond donors (Lipinski definition) is 1. The fourth-order valence-electron chi connectivity index (χ4n) is 2.17. The van der Waals surface area contributed by atoms with Gasteiger partial charge in [-0.3, -0.25) is 4.79 Å². The predicted molar refractivity (Wildman–Crippen MR) is 83.1 cm³/mol. The largest absolute Gasteiger partial charge is 0.508 e. The third-order valence-corrected chi connectivity index (χ3v) is 3.27. The van der Waals surface area contributed by atoms with E-state index in [9.17, 15) is 9.90 Å². The van der Waals surface area contributed by atoms with Crippen LogP contribution in [0.5, 0.6) is 5.75 Å². The van der Waals surface area contributed by atoms with Crippen molar-refractivity contribution < 1.29 is 9.90 Å². The average Bonchev–Trinajstić information content (AvgIpc) is 2.78. The maximum absolute atomic E-state index is 12.5. The third kappa shape index (κ3) is 2.56. The van der Waals surface area contributed by atoms with E-state index in [2.05, 4.69) is 5.10 Å². The van der Waals surface area contributed by atoms with Crippen molar-refractivity contribution in [3.05, 3.63) is 65.7 Å². The second-order valence-electron chi connectivity index (χ2n) is 4.79. The summed E-state index contributed by atoms with van der Waals surface area (Å²) in [6, 6.07) is 16.0. The lowest BCUT2D eigenvalue weighted by molar-refractivity contribution is -0.114. The predicted octanol–water partition coefficient (Wildman–Crippen LogP) is 3.20. The summed E-state index contributed by atoms with van der Waals surface area (Å²) >= 11 is 0. The zero-order chi connectivity index (χ0) is 14.8. The molecule has 104 valence electrons. The van der Waals surface area contributed by atoms with Crippen molar-refractivity contribution >= 4 is 23.4 Å². The Morgan fingerprint density at radius 3 is 2.38 bits per heavy atom. The number of carbonyl (C=O) groups excluding carboxylic acids is 1. The fourth-order valence-corrected chi connectivity index (χ4v) is 2.17. The van der Waals surface area contributed by atoms with Gasteiger partial charge in [0.25, 0.3) is 5.91 Å². The van der Waals surface area contributed by atoms with Crippen LogP contribution >= 0.6 is 0 Å². The first-order chi connectivity index (χ1) is 10.1. The number of nitrogens with zero attached hydrogens (tertiary/aromatic N) is 2. The minimum absolute atomic E-state index is 0.147. The lowest BCUT2D eigenvalue weighted by Gasteiger charge is -2.10. The first kappa shape index (κ1) is 13.1. The molecular formula is C17H14N2O2. The van der Waals surface area contributed by atoms with Crippen LogP contribution in [0.4, 0.5) is 5.69 Å². The molecule has 2 aromatic rings. The van der Waals surface area contributed by atoms with Crippen molar-refractivity contribution in [1.82, 2.24) is 0 Å². The van der Waals surface area contributed by atoms with E-state index in [4.69, 9.17) is 0 Å². The van der Waals surface area contributed by atoms with E-state index in [1.807, 2.05) is 37.3 Å². The molecule has 0 spiro atoms. The second-order valence-corrected chi connectivity index (χ2v) is 4.79. The normalized spacial score (nSPS) is 16.4. The third-order valence-electron chi connectivity index (χ3n) is 3.27. The first-order valence-corrected chi connectivity index (χ1v) is 6.61. The van der Waals surface area contributed by atoms with E-state index in [1.54, 1.807) is 30.3 Å². The van der Waals surface area contributed by atoms with Crippen molar-refractivity contribution in [1.29, 1.82) is 0 Å². The number of phenols is 1. The fraction of sp³-hybridized carbons (Fsp3) is 0.0588. The Labute approximate surface area is 122 Å². The van der Waals surface area contributed by atoms with Gasteiger partial charge in [-0.25, -0.2) is 0 Å². The van der Waals surface area contributed by atoms with Gasteiger partial charge in [0.15, 0.2) is 0 Å². The van der Waals surface area contributed by atoms with Gasteiger partial charge in [-0.2, -0.15) is 10.1 Å². The monoisotopic (exact) mass is 278 g/mol. The molecule has 0 saturated carbocycles. The van der Waals surface area contributed by atoms with E-state index in [0.29, 0.717) is 11.3 Å². The van der Waals surface area contributed by atoms with Crippen LogP contribution in [0.15, 0.2) is 65.3 Å². The van der Waals surface area contributed by atoms with E-state index in [-0.39, 0.29) is 11.7 Å². The van der Waals surface area contributed by atoms with Crippen molar-refractivity contribution in [2.45, 2.75) is 6.92 Å². The number of carbonyl (C=O) groups is 1. The molecular weight excluding hydrogens is 264 g/mol. The molecule has 4 heteroatoms. The van der Waals surface area contributed by atoms with Crippen molar-refractivity contribution in [2.75, 3.05) is 5.01 Å². The van der Waals surface area contributed by atoms with Gasteiger partial charge in [0.1, 0.15) is 5.75 Å². The average molecular weight is 278 g/mol. The molecule has 0 fully saturated rings. The van der Waals surface area contributed by atoms with Gasteiger partial charge in [-0.05, 0) is 42.8 Å². The Hall–Kier alpha value is -2.88. The molecule has 4 nitrogen and oxygen atoms in total. The molecule has 0 aliphatic carbocycles. The van der Waals surface area contributed by atoms with Crippen LogP contribution in [0, 0.1) is 0 Å². The highest BCUT2D eigenvalue weighted by atomic mass is 16.3. The van der Waals surface area contributed by atoms with Gasteiger partial charge in [-0.15, -0.1) is 0 Å². The molecule has 1 N–H and O–H groups in total. The second kappa shape index (κ2) is 5.25. The maximum Gasteiger partial charge on any atom is 0.280 e. The zero-order valence-electron chi connectivity index (χ0n) is 11.5. The van der Waals surface area contributed by atoms with Crippen LogP contribution in [0.3, 0.4) is 0 Å². The van der Waals surface area contributed by atoms with Gasteiger partial charge in [0.05, 0.1) is 17.0 Å². The SMILES string of the molecule is CC1=NN(c2ccccc2)C(=O)C1=Cc1ccc(O)cc1. The van der Waals surface area contributed by atoms with Crippen LogP contribution < -0.4 is 5.01 Å². The highest BCUT2D eigenvalue weighted by Gasteiger charge is 2.28. The standard InChI is InChI=1S/C17H14N2O2/c1-12-16(11-13-7-9-15(20)10-8-13)17(21)19(18-12)14-5-3-2-4-6-14/h2-11,20H,1H3. The number of para-hydroxylation sites is 1. The van der Waals surface area contributed by atoms with Crippen LogP contribution in [0.25, 0.3) is 6.08 Å². The number of hydrazone groups is 1. The number of phenolic OH excluding ortho intramolecular Hbond substituents is 1. The molecule has 1 heterocycles. The van der Waals surface area contributed by atoms with Crippen molar-refractivity contribution in [3.63, 3.8) is 0 Å². The molecule has 21 heavy (non-hydrogen) atoms. The number of benzene rings is 2. The van der Waals surface area contributed by atoms with Crippen molar-refractivity contribution in [2.24, 2.45) is 5.10 Å². The van der Waals surface area contributed by atoms with Gasteiger partial charge >= 0.3 is 0 Å². The highest BCUT2D eigenvalue weighted by molar-refractivity contribution is 6.32. The Morgan fingerprint density at radius 2 is 1.71 bits per heavy atom. The minimum Gasteiger partial charge on any atom is -0.508 e. The van der Waals surface area contributed by atoms with Crippen LogP contribution in [0.1, 0.15) is 12.5 Å².